The van der Waals surface area contributed by atoms with E-state index in [0.717, 1.165) is 29.2 Å². The minimum absolute atomic E-state index is 0.495. The fraction of sp³-hybridized carbons (Fsp3) is 0.353. The van der Waals surface area contributed by atoms with Crippen LogP contribution in [0.4, 0.5) is 0 Å². The van der Waals surface area contributed by atoms with Crippen molar-refractivity contribution in [3.63, 3.8) is 0 Å². The number of aryl methyl sites for hydroxylation is 2. The van der Waals surface area contributed by atoms with Gasteiger partial charge < -0.3 is 0 Å². The first-order valence-electron chi connectivity index (χ1n) is 7.42. The first-order chi connectivity index (χ1) is 10.8. The van der Waals surface area contributed by atoms with Crippen LogP contribution in [0, 0.1) is 11.3 Å². The summed E-state index contributed by atoms with van der Waals surface area (Å²) in [5.41, 5.74) is 4.20. The highest BCUT2D eigenvalue weighted by molar-refractivity contribution is 7.98. The van der Waals surface area contributed by atoms with Crippen LogP contribution in [0.1, 0.15) is 41.6 Å². The first-order valence-corrected chi connectivity index (χ1v) is 8.79. The number of fused-ring (bicyclic) bond motifs is 1. The van der Waals surface area contributed by atoms with E-state index in [1.165, 1.54) is 30.5 Å². The lowest BCUT2D eigenvalue weighted by Gasteiger charge is -2.10. The van der Waals surface area contributed by atoms with Gasteiger partial charge in [0.05, 0.1) is 5.56 Å². The van der Waals surface area contributed by atoms with E-state index in [9.17, 15) is 5.26 Å². The average Bonchev–Trinajstić information content (AvgIpc) is 2.78. The summed E-state index contributed by atoms with van der Waals surface area (Å²) < 4.78 is 0. The van der Waals surface area contributed by atoms with Gasteiger partial charge in [0.2, 0.25) is 0 Å². The highest BCUT2D eigenvalue weighted by Gasteiger charge is 2.14. The zero-order chi connectivity index (χ0) is 15.4. The van der Waals surface area contributed by atoms with E-state index in [2.05, 4.69) is 11.1 Å². The Balaban J connectivity index is 1.82. The van der Waals surface area contributed by atoms with Crippen LogP contribution in [-0.2, 0) is 18.6 Å². The summed E-state index contributed by atoms with van der Waals surface area (Å²) in [5.74, 6) is 0.741. The lowest BCUT2D eigenvalue weighted by molar-refractivity contribution is 0.707. The Hall–Kier alpha value is -1.57. The van der Waals surface area contributed by atoms with Gasteiger partial charge >= 0.3 is 0 Å². The SMILES string of the molecule is N#Cc1cc2c(nc1SCc1ccc(Cl)nc1)CCCCC2. The molecule has 0 saturated heterocycles. The van der Waals surface area contributed by atoms with Gasteiger partial charge in [0.1, 0.15) is 16.2 Å². The Labute approximate surface area is 139 Å². The Morgan fingerprint density at radius 1 is 1.23 bits per heavy atom. The third-order valence-electron chi connectivity index (χ3n) is 3.80. The number of thioether (sulfide) groups is 1. The fourth-order valence-corrected chi connectivity index (χ4v) is 3.65. The fourth-order valence-electron chi connectivity index (χ4n) is 2.63. The van der Waals surface area contributed by atoms with Crippen LogP contribution in [-0.4, -0.2) is 9.97 Å². The van der Waals surface area contributed by atoms with E-state index in [-0.39, 0.29) is 0 Å². The number of pyridine rings is 2. The zero-order valence-corrected chi connectivity index (χ0v) is 13.8. The molecular formula is C17H16ClN3S. The molecule has 0 fully saturated rings. The second-order valence-electron chi connectivity index (χ2n) is 5.40. The Kier molecular flexibility index (Phi) is 4.97. The van der Waals surface area contributed by atoms with E-state index >= 15 is 0 Å². The molecule has 0 N–H and O–H groups in total. The predicted molar refractivity (Wildman–Crippen MR) is 89.0 cm³/mol. The molecule has 0 spiro atoms. The molecule has 3 rings (SSSR count). The molecule has 0 unspecified atom stereocenters. The van der Waals surface area contributed by atoms with Crippen LogP contribution in [0.25, 0.3) is 0 Å². The van der Waals surface area contributed by atoms with Gasteiger partial charge in [-0.1, -0.05) is 24.1 Å². The number of halogens is 1. The van der Waals surface area contributed by atoms with Gasteiger partial charge in [-0.25, -0.2) is 9.97 Å². The summed E-state index contributed by atoms with van der Waals surface area (Å²) in [6.07, 6.45) is 7.47. The summed E-state index contributed by atoms with van der Waals surface area (Å²) in [5, 5.41) is 10.7. The Morgan fingerprint density at radius 2 is 2.09 bits per heavy atom. The highest BCUT2D eigenvalue weighted by Crippen LogP contribution is 2.28. The van der Waals surface area contributed by atoms with Crippen LogP contribution >= 0.6 is 23.4 Å². The lowest BCUT2D eigenvalue weighted by atomic mass is 10.1. The van der Waals surface area contributed by atoms with Crippen molar-refractivity contribution in [2.75, 3.05) is 0 Å². The molecule has 1 aliphatic rings. The maximum Gasteiger partial charge on any atom is 0.129 e. The quantitative estimate of drug-likeness (QED) is 0.470. The molecule has 22 heavy (non-hydrogen) atoms. The minimum atomic E-state index is 0.495. The third-order valence-corrected chi connectivity index (χ3v) is 5.09. The van der Waals surface area contributed by atoms with Crippen molar-refractivity contribution in [3.8, 4) is 6.07 Å². The second-order valence-corrected chi connectivity index (χ2v) is 6.75. The molecule has 1 aliphatic carbocycles. The molecule has 3 nitrogen and oxygen atoms in total. The minimum Gasteiger partial charge on any atom is -0.245 e. The molecule has 112 valence electrons. The number of nitriles is 1. The van der Waals surface area contributed by atoms with Crippen molar-refractivity contribution < 1.29 is 0 Å². The van der Waals surface area contributed by atoms with Crippen LogP contribution in [0.5, 0.6) is 0 Å². The van der Waals surface area contributed by atoms with Crippen LogP contribution in [0.15, 0.2) is 29.4 Å². The normalized spacial score (nSPS) is 14.0. The van der Waals surface area contributed by atoms with Gasteiger partial charge in [-0.3, -0.25) is 0 Å². The van der Waals surface area contributed by atoms with Gasteiger partial charge in [-0.2, -0.15) is 5.26 Å². The van der Waals surface area contributed by atoms with Crippen molar-refractivity contribution in [2.24, 2.45) is 0 Å². The molecule has 0 atom stereocenters. The first kappa shape index (κ1) is 15.3. The summed E-state index contributed by atoms with van der Waals surface area (Å²) in [4.78, 5) is 8.85. The molecule has 5 heteroatoms. The van der Waals surface area contributed by atoms with Gasteiger partial charge in [-0.05, 0) is 48.9 Å². The molecule has 0 aromatic carbocycles. The molecule has 2 heterocycles. The van der Waals surface area contributed by atoms with E-state index in [1.807, 2.05) is 12.1 Å². The number of hydrogen-bond acceptors (Lipinski definition) is 4. The van der Waals surface area contributed by atoms with Crippen LogP contribution in [0.2, 0.25) is 5.15 Å². The molecule has 2 aromatic rings. The maximum absolute atomic E-state index is 9.39. The Morgan fingerprint density at radius 3 is 2.86 bits per heavy atom. The van der Waals surface area contributed by atoms with Crippen molar-refractivity contribution in [1.29, 1.82) is 5.26 Å². The zero-order valence-electron chi connectivity index (χ0n) is 12.2. The topological polar surface area (TPSA) is 49.6 Å². The number of aromatic nitrogens is 2. The van der Waals surface area contributed by atoms with Crippen molar-refractivity contribution in [3.05, 3.63) is 51.9 Å². The molecule has 0 amide bonds. The lowest BCUT2D eigenvalue weighted by Crippen LogP contribution is -2.00. The van der Waals surface area contributed by atoms with E-state index in [4.69, 9.17) is 16.6 Å². The summed E-state index contributed by atoms with van der Waals surface area (Å²) in [6.45, 7) is 0. The summed E-state index contributed by atoms with van der Waals surface area (Å²) in [6, 6.07) is 8.07. The van der Waals surface area contributed by atoms with Gasteiger partial charge in [0, 0.05) is 17.6 Å². The van der Waals surface area contributed by atoms with E-state index < -0.39 is 0 Å². The molecule has 0 aliphatic heterocycles. The largest absolute Gasteiger partial charge is 0.245 e. The molecule has 2 aromatic heterocycles. The number of nitrogens with zero attached hydrogens (tertiary/aromatic N) is 3. The van der Waals surface area contributed by atoms with Gasteiger partial charge in [0.25, 0.3) is 0 Å². The van der Waals surface area contributed by atoms with Crippen LogP contribution < -0.4 is 0 Å². The van der Waals surface area contributed by atoms with Crippen molar-refractivity contribution >= 4 is 23.4 Å². The standard InChI is InChI=1S/C17H16ClN3S/c18-16-7-6-12(10-20-16)11-22-17-14(9-19)8-13-4-2-1-3-5-15(13)21-17/h6-8,10H,1-5,11H2. The maximum atomic E-state index is 9.39. The van der Waals surface area contributed by atoms with Crippen LogP contribution in [0.3, 0.4) is 0 Å². The third kappa shape index (κ3) is 3.60. The second kappa shape index (κ2) is 7.13. The highest BCUT2D eigenvalue weighted by atomic mass is 35.5. The molecule has 0 radical (unpaired) electrons. The van der Waals surface area contributed by atoms with E-state index in [1.54, 1.807) is 24.0 Å². The summed E-state index contributed by atoms with van der Waals surface area (Å²) >= 11 is 7.39. The Bertz CT molecular complexity index is 707. The van der Waals surface area contributed by atoms with Gasteiger partial charge in [-0.15, -0.1) is 11.8 Å². The van der Waals surface area contributed by atoms with Crippen molar-refractivity contribution in [1.82, 2.24) is 9.97 Å². The average molecular weight is 330 g/mol. The molecular weight excluding hydrogens is 314 g/mol. The predicted octanol–water partition coefficient (Wildman–Crippen LogP) is 4.56. The van der Waals surface area contributed by atoms with Gasteiger partial charge in [0.15, 0.2) is 0 Å². The molecule has 0 saturated carbocycles. The van der Waals surface area contributed by atoms with E-state index in [0.29, 0.717) is 10.7 Å². The monoisotopic (exact) mass is 329 g/mol. The smallest absolute Gasteiger partial charge is 0.129 e. The molecule has 0 bridgehead atoms. The summed E-state index contributed by atoms with van der Waals surface area (Å²) in [7, 11) is 0. The number of rotatable bonds is 3. The number of hydrogen-bond donors (Lipinski definition) is 0. The van der Waals surface area contributed by atoms with Crippen molar-refractivity contribution in [2.45, 2.75) is 42.9 Å².